The molecule has 0 aliphatic carbocycles. The van der Waals surface area contributed by atoms with Crippen molar-refractivity contribution in [1.82, 2.24) is 0 Å². The first kappa shape index (κ1) is 45.1. The van der Waals surface area contributed by atoms with Crippen molar-refractivity contribution in [3.8, 4) is 23.0 Å². The molecule has 0 spiro atoms. The summed E-state index contributed by atoms with van der Waals surface area (Å²) in [5.74, 6) is -2.90. The molecule has 312 valence electrons. The predicted octanol–water partition coefficient (Wildman–Crippen LogP) is 14.0. The Kier molecular flexibility index (Phi) is 14.3. The van der Waals surface area contributed by atoms with E-state index in [1.165, 1.54) is 24.3 Å². The number of rotatable bonds is 16. The first-order chi connectivity index (χ1) is 28.3. The number of halogens is 6. The summed E-state index contributed by atoms with van der Waals surface area (Å²) in [6.07, 6.45) is 1.51. The second-order valence-corrected chi connectivity index (χ2v) is 17.5. The summed E-state index contributed by atoms with van der Waals surface area (Å²) in [5.41, 5.74) is 5.94. The maximum Gasteiger partial charge on any atom is 0.705 e. The zero-order valence-electron chi connectivity index (χ0n) is 32.9. The predicted molar refractivity (Wildman–Crippen MR) is 232 cm³/mol. The van der Waals surface area contributed by atoms with Gasteiger partial charge in [-0.3, -0.25) is 0 Å². The van der Waals surface area contributed by atoms with Crippen LogP contribution in [0.5, 0.6) is 23.0 Å². The number of hydrogen-bond donors (Lipinski definition) is 2. The summed E-state index contributed by atoms with van der Waals surface area (Å²) in [7, 11) is -2.82. The quantitative estimate of drug-likeness (QED) is 0.0738. The average Bonchev–Trinajstić information content (AvgIpc) is 3.14. The Balaban J connectivity index is 1.05. The third-order valence-electron chi connectivity index (χ3n) is 9.21. The van der Waals surface area contributed by atoms with Crippen LogP contribution in [0.1, 0.15) is 72.2 Å². The summed E-state index contributed by atoms with van der Waals surface area (Å²) in [6.45, 7) is 6.18. The minimum absolute atomic E-state index is 0.116. The molecule has 6 rings (SSSR count). The molecule has 0 saturated heterocycles. The molecule has 0 fully saturated rings. The summed E-state index contributed by atoms with van der Waals surface area (Å²) in [4.78, 5) is 0. The third-order valence-corrected chi connectivity index (χ3v) is 11.7. The van der Waals surface area contributed by atoms with Gasteiger partial charge in [0.15, 0.2) is 0 Å². The highest BCUT2D eigenvalue weighted by Gasteiger charge is 2.42. The highest BCUT2D eigenvalue weighted by molar-refractivity contribution is 7.33. The van der Waals surface area contributed by atoms with Gasteiger partial charge in [-0.2, -0.15) is 0 Å². The van der Waals surface area contributed by atoms with E-state index < -0.39 is 19.8 Å². The summed E-state index contributed by atoms with van der Waals surface area (Å²) < 4.78 is 63.3. The topological polar surface area (TPSA) is 94.5 Å². The molecule has 6 aromatic rings. The van der Waals surface area contributed by atoms with Gasteiger partial charge in [-0.15, -0.1) is 0 Å². The van der Waals surface area contributed by atoms with Gasteiger partial charge in [0, 0.05) is 78.0 Å². The number of aromatic hydroxyl groups is 2. The van der Waals surface area contributed by atoms with E-state index in [1.807, 2.05) is 12.1 Å². The number of phenolic OH excluding ortho intramolecular Hbond substituents is 2. The van der Waals surface area contributed by atoms with E-state index in [9.17, 15) is 23.6 Å². The van der Waals surface area contributed by atoms with Gasteiger partial charge in [-0.05, 0) is 105 Å². The van der Waals surface area contributed by atoms with Crippen LogP contribution in [-0.4, -0.2) is 21.8 Å². The second-order valence-electron chi connectivity index (χ2n) is 15.0. The van der Waals surface area contributed by atoms with Crippen LogP contribution in [0.4, 0.5) is 8.78 Å². The van der Waals surface area contributed by atoms with E-state index >= 15 is 0 Å². The molecular weight excluding hydrogens is 875 g/mol. The molecule has 0 aromatic heterocycles. The molecule has 2 N–H and O–H groups in total. The van der Waals surface area contributed by atoms with Gasteiger partial charge in [-0.1, -0.05) is 104 Å². The number of hydrogen-bond acceptors (Lipinski definition) is 7. The highest BCUT2D eigenvalue weighted by atomic mass is 35.5. The van der Waals surface area contributed by atoms with Gasteiger partial charge in [0.1, 0.15) is 34.6 Å². The number of ether oxygens (including phenoxy) is 2. The monoisotopic (exact) mass is 913 g/mol. The highest BCUT2D eigenvalue weighted by Crippen LogP contribution is 2.41. The van der Waals surface area contributed by atoms with Crippen LogP contribution >= 0.6 is 54.7 Å². The van der Waals surface area contributed by atoms with Crippen LogP contribution in [0, 0.1) is 11.6 Å². The molecule has 14 heteroatoms. The molecule has 0 aliphatic heterocycles. The lowest BCUT2D eigenvalue weighted by atomic mass is 9.98. The maximum absolute atomic E-state index is 13.4. The van der Waals surface area contributed by atoms with Crippen molar-refractivity contribution >= 4 is 54.7 Å². The average molecular weight is 916 g/mol. The Labute approximate surface area is 368 Å². The van der Waals surface area contributed by atoms with Crippen LogP contribution in [0.15, 0.2) is 109 Å². The van der Waals surface area contributed by atoms with E-state index in [4.69, 9.17) is 64.9 Å². The molecule has 0 unspecified atom stereocenters. The van der Waals surface area contributed by atoms with E-state index in [0.29, 0.717) is 68.0 Å². The second kappa shape index (κ2) is 19.1. The molecule has 0 radical (unpaired) electrons. The molecule has 0 amide bonds. The van der Waals surface area contributed by atoms with E-state index in [1.54, 1.807) is 100 Å². The van der Waals surface area contributed by atoms with Crippen molar-refractivity contribution in [2.75, 3.05) is 0 Å². The first-order valence-electron chi connectivity index (χ1n) is 18.6. The molecule has 0 atom stereocenters. The van der Waals surface area contributed by atoms with Crippen LogP contribution in [0.25, 0.3) is 0 Å². The number of phenols is 2. The fourth-order valence-corrected chi connectivity index (χ4v) is 8.46. The van der Waals surface area contributed by atoms with Gasteiger partial charge in [-0.25, -0.2) is 8.78 Å². The van der Waals surface area contributed by atoms with Gasteiger partial charge in [0.25, 0.3) is 11.6 Å². The molecule has 60 heavy (non-hydrogen) atoms. The summed E-state index contributed by atoms with van der Waals surface area (Å²) in [6, 6.07) is 28.9. The lowest BCUT2D eigenvalue weighted by Crippen LogP contribution is -2.33. The standard InChI is InChI=1S/C46H39Cl4F2O7P/c1-45(2,56-35-23-39(47)37(40(48)24-35)21-29-9-15-43(53)31(19-29)17-27-5-11-33(51)12-6-27)58-60(55)59-46(3,4)57-36-25-41(49)38(42(50)26-36)22-30-10-16-44(54)32(20-30)18-28-7-13-34(52)14-8-28/h5-16,19-20,23-26H,17-18,21-22H2,1-4H3,(H-,53,54)/p+1. The van der Waals surface area contributed by atoms with Crippen molar-refractivity contribution in [3.63, 3.8) is 0 Å². The first-order valence-corrected chi connectivity index (χ1v) is 21.2. The summed E-state index contributed by atoms with van der Waals surface area (Å²) in [5, 5.41) is 22.2. The SMILES string of the molecule is CC(C)(Oc1cc(Cl)c(Cc2ccc(O)c(Cc3ccc(F)cc3)c2)c(Cl)c1)O[P+](=O)OC(C)(C)Oc1cc(Cl)c(Cc2ccc(O)c(Cc3ccc(F)cc3)c2)c(Cl)c1. The fourth-order valence-electron chi connectivity index (χ4n) is 6.43. The lowest BCUT2D eigenvalue weighted by molar-refractivity contribution is -0.120. The zero-order valence-corrected chi connectivity index (χ0v) is 36.8. The Hall–Kier alpha value is -4.44. The fraction of sp³-hybridized carbons (Fsp3) is 0.217. The Bertz CT molecular complexity index is 2300. The minimum atomic E-state index is -2.82. The Morgan fingerprint density at radius 3 is 1.15 bits per heavy atom. The van der Waals surface area contributed by atoms with Crippen molar-refractivity contribution in [2.45, 2.75) is 65.0 Å². The van der Waals surface area contributed by atoms with Crippen LogP contribution in [0.2, 0.25) is 20.1 Å². The molecule has 0 heterocycles. The van der Waals surface area contributed by atoms with Crippen LogP contribution in [-0.2, 0) is 39.3 Å². The molecule has 0 bridgehead atoms. The molecule has 6 aromatic carbocycles. The molecular formula is C46H40Cl4F2O7P+. The van der Waals surface area contributed by atoms with Crippen LogP contribution < -0.4 is 9.47 Å². The largest absolute Gasteiger partial charge is 0.705 e. The normalized spacial score (nSPS) is 11.8. The van der Waals surface area contributed by atoms with Crippen molar-refractivity contribution in [3.05, 3.63) is 185 Å². The molecule has 7 nitrogen and oxygen atoms in total. The third kappa shape index (κ3) is 12.3. The van der Waals surface area contributed by atoms with Gasteiger partial charge in [0.2, 0.25) is 0 Å². The van der Waals surface area contributed by atoms with Crippen molar-refractivity contribution in [1.29, 1.82) is 0 Å². The van der Waals surface area contributed by atoms with E-state index in [2.05, 4.69) is 0 Å². The summed E-state index contributed by atoms with van der Waals surface area (Å²) >= 11 is 26.8. The maximum atomic E-state index is 13.4. The Morgan fingerprint density at radius 1 is 0.500 bits per heavy atom. The smallest absolute Gasteiger partial charge is 0.508 e. The van der Waals surface area contributed by atoms with Crippen molar-refractivity contribution < 1.29 is 42.1 Å². The minimum Gasteiger partial charge on any atom is -0.508 e. The van der Waals surface area contributed by atoms with Gasteiger partial charge in [0.05, 0.1) is 0 Å². The zero-order chi connectivity index (χ0) is 43.4. The van der Waals surface area contributed by atoms with Crippen molar-refractivity contribution in [2.24, 2.45) is 0 Å². The van der Waals surface area contributed by atoms with Gasteiger partial charge >= 0.3 is 8.25 Å². The lowest BCUT2D eigenvalue weighted by Gasteiger charge is -2.23. The molecule has 0 aliphatic rings. The van der Waals surface area contributed by atoms with E-state index in [0.717, 1.165) is 22.3 Å². The van der Waals surface area contributed by atoms with E-state index in [-0.39, 0.29) is 34.6 Å². The Morgan fingerprint density at radius 2 is 0.817 bits per heavy atom. The van der Waals surface area contributed by atoms with Crippen LogP contribution in [0.3, 0.4) is 0 Å². The van der Waals surface area contributed by atoms with Gasteiger partial charge < -0.3 is 19.7 Å². The molecule has 0 saturated carbocycles. The number of benzene rings is 6.